The molecule has 2 bridgehead atoms. The molecule has 35 heavy (non-hydrogen) atoms. The molecule has 3 saturated carbocycles. The van der Waals surface area contributed by atoms with E-state index >= 15 is 0 Å². The number of benzene rings is 1. The van der Waals surface area contributed by atoms with Crippen LogP contribution in [-0.2, 0) is 24.4 Å². The van der Waals surface area contributed by atoms with Crippen LogP contribution >= 0.6 is 0 Å². The zero-order valence-electron chi connectivity index (χ0n) is 19.4. The highest BCUT2D eigenvalue weighted by atomic mass is 16.7. The van der Waals surface area contributed by atoms with Crippen molar-refractivity contribution in [2.45, 2.75) is 60.2 Å². The minimum atomic E-state index is -2.43. The third kappa shape index (κ3) is 1.73. The zero-order valence-corrected chi connectivity index (χ0v) is 19.4. The van der Waals surface area contributed by atoms with Gasteiger partial charge in [-0.25, -0.2) is 9.59 Å². The lowest BCUT2D eigenvalue weighted by Crippen LogP contribution is -2.92. The summed E-state index contributed by atoms with van der Waals surface area (Å²) in [5.74, 6) is -0.127. The maximum atomic E-state index is 13.6. The molecular formula is C24H26N2O9. The van der Waals surface area contributed by atoms with Crippen LogP contribution in [0.4, 0.5) is 10.5 Å². The van der Waals surface area contributed by atoms with E-state index in [2.05, 4.69) is 4.90 Å². The maximum Gasteiger partial charge on any atom is 0.414 e. The summed E-state index contributed by atoms with van der Waals surface area (Å²) in [4.78, 5) is 30.9. The number of nitrogens with zero attached hydrogens (tertiary/aromatic N) is 2. The molecule has 0 aromatic heterocycles. The van der Waals surface area contributed by atoms with Gasteiger partial charge in [-0.05, 0) is 37.4 Å². The summed E-state index contributed by atoms with van der Waals surface area (Å²) < 4.78 is 28.0. The first-order chi connectivity index (χ1) is 16.8. The van der Waals surface area contributed by atoms with Crippen molar-refractivity contribution in [2.75, 3.05) is 39.0 Å². The van der Waals surface area contributed by atoms with Crippen LogP contribution in [0.15, 0.2) is 12.1 Å². The summed E-state index contributed by atoms with van der Waals surface area (Å²) in [5.41, 5.74) is -4.57. The van der Waals surface area contributed by atoms with Gasteiger partial charge in [0.2, 0.25) is 12.4 Å². The average Bonchev–Trinajstić information content (AvgIpc) is 3.22. The fourth-order valence-electron chi connectivity index (χ4n) is 9.45. The van der Waals surface area contributed by atoms with Crippen LogP contribution in [0.25, 0.3) is 0 Å². The van der Waals surface area contributed by atoms with Gasteiger partial charge in [-0.1, -0.05) is 6.07 Å². The van der Waals surface area contributed by atoms with Crippen molar-refractivity contribution in [1.29, 1.82) is 0 Å². The summed E-state index contributed by atoms with van der Waals surface area (Å²) in [6.07, 6.45) is -1.30. The molecule has 3 aliphatic carbocycles. The second kappa shape index (κ2) is 5.86. The molecule has 5 heterocycles. The highest BCUT2D eigenvalue weighted by Crippen LogP contribution is 2.79. The molecule has 6 fully saturated rings. The van der Waals surface area contributed by atoms with E-state index in [0.717, 1.165) is 5.56 Å². The van der Waals surface area contributed by atoms with Gasteiger partial charge in [-0.3, -0.25) is 9.80 Å². The van der Waals surface area contributed by atoms with Gasteiger partial charge < -0.3 is 33.9 Å². The molecule has 0 unspecified atom stereocenters. The highest BCUT2D eigenvalue weighted by molar-refractivity contribution is 6.02. The Labute approximate surface area is 200 Å². The number of methoxy groups -OCH3 is 2. The van der Waals surface area contributed by atoms with Crippen LogP contribution < -0.4 is 14.4 Å². The van der Waals surface area contributed by atoms with Gasteiger partial charge in [0.25, 0.3) is 0 Å². The molecule has 5 aliphatic heterocycles. The van der Waals surface area contributed by atoms with Crippen LogP contribution in [0.3, 0.4) is 0 Å². The lowest BCUT2D eigenvalue weighted by atomic mass is 9.36. The number of hydrogen-bond acceptors (Lipinski definition) is 10. The molecule has 3 spiro atoms. The Hall–Kier alpha value is -2.60. The summed E-state index contributed by atoms with van der Waals surface area (Å²) in [6.45, 7) is 1.37. The number of carbonyl (C=O) groups excluding carboxylic acids is 2. The van der Waals surface area contributed by atoms with Crippen molar-refractivity contribution in [3.8, 4) is 11.5 Å². The number of piperidine rings is 1. The van der Waals surface area contributed by atoms with Crippen molar-refractivity contribution < 1.29 is 43.5 Å². The number of amides is 1. The summed E-state index contributed by atoms with van der Waals surface area (Å²) in [5, 5.41) is 24.6. The molecule has 11 nitrogen and oxygen atoms in total. The molecule has 3 saturated heterocycles. The first-order valence-electron chi connectivity index (χ1n) is 12.0. The number of fused-ring (bicyclic) bond motifs is 6. The Morgan fingerprint density at radius 1 is 1.14 bits per heavy atom. The first-order valence-corrected chi connectivity index (χ1v) is 12.0. The minimum Gasteiger partial charge on any atom is -0.467 e. The van der Waals surface area contributed by atoms with E-state index in [1.165, 1.54) is 19.1 Å². The molecule has 8 aliphatic rings. The number of esters is 1. The van der Waals surface area contributed by atoms with Crippen LogP contribution in [-0.4, -0.2) is 96.8 Å². The second-order valence-corrected chi connectivity index (χ2v) is 10.8. The Morgan fingerprint density at radius 3 is 2.74 bits per heavy atom. The number of carbonyl (C=O) groups is 2. The van der Waals surface area contributed by atoms with E-state index in [-0.39, 0.29) is 31.5 Å². The molecule has 186 valence electrons. The number of hydrogen-bond donors (Lipinski definition) is 2. The third-order valence-corrected chi connectivity index (χ3v) is 10.3. The fraction of sp³-hybridized carbons (Fsp3) is 0.667. The van der Waals surface area contributed by atoms with Crippen LogP contribution in [0.1, 0.15) is 24.8 Å². The van der Waals surface area contributed by atoms with Gasteiger partial charge in [-0.15, -0.1) is 0 Å². The number of aliphatic hydroxyl groups excluding tert-OH is 1. The SMILES string of the molecule is COC(=O)N1c2c(ccc3c2OCO3)[C@@]23CCN4C[C@@H]5O[C@@H]5[C@]5(CC[C@]12[C@](O)(C(=O)OC)[C@@H]5O)[C@H]43. The molecule has 1 aromatic rings. The van der Waals surface area contributed by atoms with Gasteiger partial charge >= 0.3 is 12.1 Å². The van der Waals surface area contributed by atoms with E-state index in [1.807, 2.05) is 12.1 Å². The van der Waals surface area contributed by atoms with Gasteiger partial charge in [0.05, 0.1) is 32.1 Å². The van der Waals surface area contributed by atoms with Crippen molar-refractivity contribution in [1.82, 2.24) is 4.90 Å². The molecule has 8 atom stereocenters. The summed E-state index contributed by atoms with van der Waals surface area (Å²) >= 11 is 0. The largest absolute Gasteiger partial charge is 0.467 e. The molecular weight excluding hydrogens is 460 g/mol. The van der Waals surface area contributed by atoms with E-state index in [9.17, 15) is 19.8 Å². The second-order valence-electron chi connectivity index (χ2n) is 10.8. The number of aliphatic hydroxyl groups is 2. The highest BCUT2D eigenvalue weighted by Gasteiger charge is 2.93. The predicted octanol–water partition coefficient (Wildman–Crippen LogP) is -0.108. The van der Waals surface area contributed by atoms with Crippen LogP contribution in [0, 0.1) is 5.41 Å². The Bertz CT molecular complexity index is 1220. The van der Waals surface area contributed by atoms with Crippen molar-refractivity contribution >= 4 is 17.7 Å². The summed E-state index contributed by atoms with van der Waals surface area (Å²) in [7, 11) is 2.45. The Morgan fingerprint density at radius 2 is 1.97 bits per heavy atom. The zero-order chi connectivity index (χ0) is 24.1. The molecule has 0 radical (unpaired) electrons. The van der Waals surface area contributed by atoms with Crippen molar-refractivity contribution in [3.05, 3.63) is 17.7 Å². The Kier molecular flexibility index (Phi) is 3.44. The fourth-order valence-corrected chi connectivity index (χ4v) is 9.45. The predicted molar refractivity (Wildman–Crippen MR) is 115 cm³/mol. The van der Waals surface area contributed by atoms with E-state index in [0.29, 0.717) is 43.1 Å². The van der Waals surface area contributed by atoms with E-state index in [4.69, 9.17) is 23.7 Å². The smallest absolute Gasteiger partial charge is 0.414 e. The standard InChI is InChI=1S/C24H26N2O9/c1-31-19(28)24(30)18(27)21-5-6-23(24)22(7-8-25(17(21)22)9-13-16(21)35-13)11-3-4-12-15(34-10-33-12)14(11)26(23)20(29)32-2/h3-4,13,16-18,27,30H,5-10H2,1-2H3/t13-,16-,17-,18+,21+,22+,23-,24+/m0/s1. The van der Waals surface area contributed by atoms with Crippen LogP contribution in [0.2, 0.25) is 0 Å². The topological polar surface area (TPSA) is 131 Å². The number of anilines is 1. The number of rotatable bonds is 1. The average molecular weight is 486 g/mol. The number of ether oxygens (including phenoxy) is 5. The lowest BCUT2D eigenvalue weighted by molar-refractivity contribution is -0.279. The maximum absolute atomic E-state index is 13.6. The third-order valence-electron chi connectivity index (χ3n) is 10.3. The van der Waals surface area contributed by atoms with Gasteiger partial charge in [0, 0.05) is 23.4 Å². The van der Waals surface area contributed by atoms with Gasteiger partial charge in [0.1, 0.15) is 11.6 Å². The molecule has 11 heteroatoms. The van der Waals surface area contributed by atoms with E-state index in [1.54, 1.807) is 0 Å². The molecule has 1 amide bonds. The van der Waals surface area contributed by atoms with Crippen molar-refractivity contribution in [2.24, 2.45) is 5.41 Å². The quantitative estimate of drug-likeness (QED) is 0.410. The Balaban J connectivity index is 1.53. The molecule has 9 rings (SSSR count). The lowest BCUT2D eigenvalue weighted by Gasteiger charge is -2.72. The summed E-state index contributed by atoms with van der Waals surface area (Å²) in [6, 6.07) is 3.46. The monoisotopic (exact) mass is 486 g/mol. The number of epoxide rings is 1. The van der Waals surface area contributed by atoms with Crippen molar-refractivity contribution in [3.63, 3.8) is 0 Å². The first kappa shape index (κ1) is 20.6. The van der Waals surface area contributed by atoms with Crippen LogP contribution in [0.5, 0.6) is 11.5 Å². The molecule has 2 N–H and O–H groups in total. The normalized spacial score (nSPS) is 47.0. The van der Waals surface area contributed by atoms with E-state index < -0.39 is 40.1 Å². The minimum absolute atomic E-state index is 0.0121. The molecule has 1 aromatic carbocycles. The van der Waals surface area contributed by atoms with Gasteiger partial charge in [0.15, 0.2) is 11.5 Å². The van der Waals surface area contributed by atoms with Gasteiger partial charge in [-0.2, -0.15) is 0 Å².